The number of carbonyl (C=O) groups is 2. The highest BCUT2D eigenvalue weighted by atomic mass is 35.5. The van der Waals surface area contributed by atoms with E-state index in [1.807, 2.05) is 20.8 Å². The molecule has 0 unspecified atom stereocenters. The maximum absolute atomic E-state index is 12.3. The van der Waals surface area contributed by atoms with Gasteiger partial charge < -0.3 is 10.0 Å². The lowest BCUT2D eigenvalue weighted by Crippen LogP contribution is -2.47. The van der Waals surface area contributed by atoms with Gasteiger partial charge in [-0.1, -0.05) is 11.6 Å². The van der Waals surface area contributed by atoms with Crippen molar-refractivity contribution in [3.63, 3.8) is 0 Å². The number of aliphatic carboxylic acids is 1. The predicted octanol–water partition coefficient (Wildman–Crippen LogP) is 1.85. The quantitative estimate of drug-likeness (QED) is 0.912. The largest absolute Gasteiger partial charge is 0.481 e. The van der Waals surface area contributed by atoms with Crippen LogP contribution in [0, 0.1) is 0 Å². The summed E-state index contributed by atoms with van der Waals surface area (Å²) >= 11 is 5.61. The maximum atomic E-state index is 12.3. The highest BCUT2D eigenvalue weighted by Crippen LogP contribution is 2.17. The van der Waals surface area contributed by atoms with Crippen LogP contribution in [0.2, 0.25) is 5.15 Å². The second-order valence-corrected chi connectivity index (χ2v) is 5.40. The molecule has 0 saturated carbocycles. The molecule has 0 aliphatic rings. The normalized spacial score (nSPS) is 11.2. The molecular formula is C12H16ClN3O3. The van der Waals surface area contributed by atoms with Crippen LogP contribution < -0.4 is 0 Å². The Morgan fingerprint density at radius 3 is 2.37 bits per heavy atom. The lowest BCUT2D eigenvalue weighted by Gasteiger charge is -2.35. The van der Waals surface area contributed by atoms with Gasteiger partial charge in [0.15, 0.2) is 10.8 Å². The van der Waals surface area contributed by atoms with E-state index in [-0.39, 0.29) is 29.7 Å². The number of carbonyl (C=O) groups excluding carboxylic acids is 1. The van der Waals surface area contributed by atoms with Crippen molar-refractivity contribution in [2.75, 3.05) is 6.54 Å². The molecule has 0 spiro atoms. The summed E-state index contributed by atoms with van der Waals surface area (Å²) in [5, 5.41) is 16.3. The zero-order valence-electron chi connectivity index (χ0n) is 11.1. The minimum atomic E-state index is -0.954. The van der Waals surface area contributed by atoms with E-state index >= 15 is 0 Å². The van der Waals surface area contributed by atoms with Gasteiger partial charge in [0.2, 0.25) is 0 Å². The summed E-state index contributed by atoms with van der Waals surface area (Å²) in [6, 6.07) is 2.94. The zero-order valence-corrected chi connectivity index (χ0v) is 11.8. The SMILES string of the molecule is CC(C)(C)N(CCC(=O)O)C(=O)c1ccc(Cl)nn1. The first-order chi connectivity index (χ1) is 8.71. The molecule has 19 heavy (non-hydrogen) atoms. The minimum Gasteiger partial charge on any atom is -0.481 e. The summed E-state index contributed by atoms with van der Waals surface area (Å²) < 4.78 is 0. The molecule has 1 aromatic heterocycles. The molecule has 0 radical (unpaired) electrons. The number of aromatic nitrogens is 2. The first-order valence-electron chi connectivity index (χ1n) is 5.75. The average Bonchev–Trinajstić information content (AvgIpc) is 2.27. The monoisotopic (exact) mass is 285 g/mol. The maximum Gasteiger partial charge on any atom is 0.305 e. The smallest absolute Gasteiger partial charge is 0.305 e. The van der Waals surface area contributed by atoms with E-state index in [0.29, 0.717) is 0 Å². The number of rotatable bonds is 4. The van der Waals surface area contributed by atoms with Gasteiger partial charge in [-0.15, -0.1) is 10.2 Å². The molecule has 1 N–H and O–H groups in total. The number of halogens is 1. The Labute approximate surface area is 116 Å². The Hall–Kier alpha value is -1.69. The molecule has 0 aliphatic carbocycles. The lowest BCUT2D eigenvalue weighted by molar-refractivity contribution is -0.137. The summed E-state index contributed by atoms with van der Waals surface area (Å²) in [6.45, 7) is 5.60. The van der Waals surface area contributed by atoms with Crippen molar-refractivity contribution in [3.8, 4) is 0 Å². The van der Waals surface area contributed by atoms with Crippen LogP contribution >= 0.6 is 11.6 Å². The van der Waals surface area contributed by atoms with Crippen molar-refractivity contribution in [3.05, 3.63) is 23.0 Å². The van der Waals surface area contributed by atoms with Gasteiger partial charge in [0.25, 0.3) is 5.91 Å². The van der Waals surface area contributed by atoms with Crippen molar-refractivity contribution >= 4 is 23.5 Å². The highest BCUT2D eigenvalue weighted by molar-refractivity contribution is 6.29. The summed E-state index contributed by atoms with van der Waals surface area (Å²) in [5.41, 5.74) is -0.363. The number of hydrogen-bond acceptors (Lipinski definition) is 4. The minimum absolute atomic E-state index is 0.113. The summed E-state index contributed by atoms with van der Waals surface area (Å²) in [4.78, 5) is 24.4. The fourth-order valence-corrected chi connectivity index (χ4v) is 1.62. The Morgan fingerprint density at radius 2 is 1.95 bits per heavy atom. The molecule has 1 heterocycles. The Balaban J connectivity index is 2.94. The fraction of sp³-hybridized carbons (Fsp3) is 0.500. The van der Waals surface area contributed by atoms with Crippen LogP contribution in [-0.2, 0) is 4.79 Å². The number of carboxylic acid groups (broad SMARTS) is 1. The van der Waals surface area contributed by atoms with E-state index in [1.165, 1.54) is 17.0 Å². The Kier molecular flexibility index (Phi) is 4.83. The number of nitrogens with zero attached hydrogens (tertiary/aromatic N) is 3. The molecule has 7 heteroatoms. The summed E-state index contributed by atoms with van der Waals surface area (Å²) in [6.07, 6.45) is -0.121. The van der Waals surface area contributed by atoms with Crippen molar-refractivity contribution in [1.82, 2.24) is 15.1 Å². The number of amides is 1. The van der Waals surface area contributed by atoms with Crippen LogP contribution in [0.4, 0.5) is 0 Å². The molecule has 1 rings (SSSR count). The van der Waals surface area contributed by atoms with Crippen LogP contribution in [-0.4, -0.2) is 44.2 Å². The third-order valence-corrected chi connectivity index (χ3v) is 2.66. The number of hydrogen-bond donors (Lipinski definition) is 1. The van der Waals surface area contributed by atoms with E-state index in [2.05, 4.69) is 10.2 Å². The highest BCUT2D eigenvalue weighted by Gasteiger charge is 2.28. The molecule has 6 nitrogen and oxygen atoms in total. The molecule has 0 aliphatic heterocycles. The second kappa shape index (κ2) is 5.97. The average molecular weight is 286 g/mol. The second-order valence-electron chi connectivity index (χ2n) is 5.01. The third-order valence-electron chi connectivity index (χ3n) is 2.46. The standard InChI is InChI=1S/C12H16ClN3O3/c1-12(2,3)16(7-6-10(17)18)11(19)8-4-5-9(13)15-14-8/h4-5H,6-7H2,1-3H3,(H,17,18). The van der Waals surface area contributed by atoms with Crippen molar-refractivity contribution < 1.29 is 14.7 Å². The molecule has 0 aromatic carbocycles. The van der Waals surface area contributed by atoms with Crippen LogP contribution in [0.1, 0.15) is 37.7 Å². The van der Waals surface area contributed by atoms with Crippen LogP contribution in [0.5, 0.6) is 0 Å². The first-order valence-corrected chi connectivity index (χ1v) is 6.12. The van der Waals surface area contributed by atoms with Crippen LogP contribution in [0.15, 0.2) is 12.1 Å². The molecule has 1 amide bonds. The van der Waals surface area contributed by atoms with E-state index in [0.717, 1.165) is 0 Å². The van der Waals surface area contributed by atoms with E-state index in [4.69, 9.17) is 16.7 Å². The predicted molar refractivity (Wildman–Crippen MR) is 70.1 cm³/mol. The first kappa shape index (κ1) is 15.4. The molecular weight excluding hydrogens is 270 g/mol. The van der Waals surface area contributed by atoms with Crippen LogP contribution in [0.25, 0.3) is 0 Å². The topological polar surface area (TPSA) is 83.4 Å². The molecule has 0 atom stereocenters. The molecule has 0 saturated heterocycles. The molecule has 0 bridgehead atoms. The summed E-state index contributed by atoms with van der Waals surface area (Å²) in [7, 11) is 0. The Bertz CT molecular complexity index is 468. The fourth-order valence-electron chi connectivity index (χ4n) is 1.52. The van der Waals surface area contributed by atoms with E-state index in [9.17, 15) is 9.59 Å². The zero-order chi connectivity index (χ0) is 14.6. The van der Waals surface area contributed by atoms with Crippen molar-refractivity contribution in [1.29, 1.82) is 0 Å². The van der Waals surface area contributed by atoms with Gasteiger partial charge >= 0.3 is 5.97 Å². The summed E-state index contributed by atoms with van der Waals surface area (Å²) in [5.74, 6) is -1.32. The van der Waals surface area contributed by atoms with Gasteiger partial charge in [-0.25, -0.2) is 0 Å². The van der Waals surface area contributed by atoms with Gasteiger partial charge in [0, 0.05) is 12.1 Å². The van der Waals surface area contributed by atoms with Gasteiger partial charge in [-0.2, -0.15) is 0 Å². The molecule has 104 valence electrons. The Morgan fingerprint density at radius 1 is 1.32 bits per heavy atom. The molecule has 1 aromatic rings. The van der Waals surface area contributed by atoms with E-state index < -0.39 is 11.5 Å². The lowest BCUT2D eigenvalue weighted by atomic mass is 10.0. The number of carboxylic acids is 1. The van der Waals surface area contributed by atoms with Crippen molar-refractivity contribution in [2.24, 2.45) is 0 Å². The third kappa shape index (κ3) is 4.48. The van der Waals surface area contributed by atoms with Gasteiger partial charge in [-0.05, 0) is 32.9 Å². The van der Waals surface area contributed by atoms with Gasteiger partial charge in [0.05, 0.1) is 6.42 Å². The molecule has 0 fully saturated rings. The van der Waals surface area contributed by atoms with Gasteiger partial charge in [-0.3, -0.25) is 9.59 Å². The van der Waals surface area contributed by atoms with Gasteiger partial charge in [0.1, 0.15) is 0 Å². The van der Waals surface area contributed by atoms with E-state index in [1.54, 1.807) is 0 Å². The van der Waals surface area contributed by atoms with Crippen molar-refractivity contribution in [2.45, 2.75) is 32.7 Å². The van der Waals surface area contributed by atoms with Crippen LogP contribution in [0.3, 0.4) is 0 Å².